The zero-order valence-electron chi connectivity index (χ0n) is 11.5. The number of benzene rings is 1. The van der Waals surface area contributed by atoms with E-state index in [1.165, 1.54) is 19.2 Å². The number of carboxylic acid groups (broad SMARTS) is 1. The molecule has 2 rings (SSSR count). The van der Waals surface area contributed by atoms with Crippen LogP contribution in [0.5, 0.6) is 11.5 Å². The van der Waals surface area contributed by atoms with Crippen LogP contribution in [-0.2, 0) is 4.79 Å². The first-order valence-electron chi connectivity index (χ1n) is 6.54. The Labute approximate surface area is 130 Å². The second kappa shape index (κ2) is 6.80. The van der Waals surface area contributed by atoms with Gasteiger partial charge in [-0.25, -0.2) is 4.79 Å². The Morgan fingerprint density at radius 1 is 1.43 bits per heavy atom. The molecule has 0 saturated heterocycles. The van der Waals surface area contributed by atoms with E-state index >= 15 is 0 Å². The maximum atomic E-state index is 11.6. The standard InChI is InChI=1S/C14H16BrNO5/c1-20-11-7-8(14(18)19)6-10(15)13(11)21-5-4-12(17)16-9-2-3-9/h6-7,9H,2-5H2,1H3,(H,16,17)(H,18,19). The van der Waals surface area contributed by atoms with Gasteiger partial charge in [-0.3, -0.25) is 4.79 Å². The van der Waals surface area contributed by atoms with Crippen molar-refractivity contribution in [2.24, 2.45) is 0 Å². The van der Waals surface area contributed by atoms with E-state index in [0.29, 0.717) is 22.0 Å². The molecule has 0 spiro atoms. The van der Waals surface area contributed by atoms with Gasteiger partial charge in [0, 0.05) is 6.04 Å². The maximum absolute atomic E-state index is 11.6. The van der Waals surface area contributed by atoms with Crippen LogP contribution in [0.1, 0.15) is 29.6 Å². The normalized spacial score (nSPS) is 13.6. The number of ether oxygens (including phenoxy) is 2. The molecule has 1 aliphatic rings. The van der Waals surface area contributed by atoms with Crippen LogP contribution in [0.15, 0.2) is 16.6 Å². The Hall–Kier alpha value is -1.76. The van der Waals surface area contributed by atoms with Crippen LogP contribution in [0, 0.1) is 0 Å². The van der Waals surface area contributed by atoms with Crippen molar-refractivity contribution in [3.8, 4) is 11.5 Å². The number of halogens is 1. The molecule has 0 atom stereocenters. The molecular formula is C14H16BrNO5. The summed E-state index contributed by atoms with van der Waals surface area (Å²) in [6, 6.07) is 3.14. The van der Waals surface area contributed by atoms with Gasteiger partial charge in [-0.15, -0.1) is 0 Å². The molecule has 0 bridgehead atoms. The molecule has 21 heavy (non-hydrogen) atoms. The molecule has 114 valence electrons. The van der Waals surface area contributed by atoms with E-state index < -0.39 is 5.97 Å². The van der Waals surface area contributed by atoms with E-state index in [0.717, 1.165) is 12.8 Å². The minimum absolute atomic E-state index is 0.0465. The van der Waals surface area contributed by atoms with Gasteiger partial charge in [0.1, 0.15) is 0 Å². The van der Waals surface area contributed by atoms with E-state index in [-0.39, 0.29) is 24.5 Å². The van der Waals surface area contributed by atoms with Gasteiger partial charge in [0.2, 0.25) is 5.91 Å². The molecule has 1 fully saturated rings. The van der Waals surface area contributed by atoms with E-state index in [1.54, 1.807) is 0 Å². The van der Waals surface area contributed by atoms with Crippen LogP contribution in [0.4, 0.5) is 0 Å². The van der Waals surface area contributed by atoms with E-state index in [1.807, 2.05) is 0 Å². The summed E-state index contributed by atoms with van der Waals surface area (Å²) in [4.78, 5) is 22.5. The molecule has 0 aliphatic heterocycles. The quantitative estimate of drug-likeness (QED) is 0.781. The summed E-state index contributed by atoms with van der Waals surface area (Å²) in [7, 11) is 1.43. The molecule has 0 heterocycles. The van der Waals surface area contributed by atoms with Crippen LogP contribution in [0.25, 0.3) is 0 Å². The largest absolute Gasteiger partial charge is 0.493 e. The number of methoxy groups -OCH3 is 1. The Morgan fingerprint density at radius 3 is 2.71 bits per heavy atom. The predicted octanol–water partition coefficient (Wildman–Crippen LogP) is 2.20. The summed E-state index contributed by atoms with van der Waals surface area (Å²) in [5.41, 5.74) is 0.0950. The highest BCUT2D eigenvalue weighted by Gasteiger charge is 2.23. The zero-order valence-corrected chi connectivity index (χ0v) is 13.1. The van der Waals surface area contributed by atoms with E-state index in [9.17, 15) is 9.59 Å². The van der Waals surface area contributed by atoms with Crippen molar-refractivity contribution in [2.45, 2.75) is 25.3 Å². The first-order chi connectivity index (χ1) is 10.0. The smallest absolute Gasteiger partial charge is 0.335 e. The number of carboxylic acids is 1. The van der Waals surface area contributed by atoms with Crippen molar-refractivity contribution in [3.63, 3.8) is 0 Å². The van der Waals surface area contributed by atoms with Crippen molar-refractivity contribution in [1.29, 1.82) is 0 Å². The average Bonchev–Trinajstić information content (AvgIpc) is 3.23. The lowest BCUT2D eigenvalue weighted by Gasteiger charge is -2.13. The summed E-state index contributed by atoms with van der Waals surface area (Å²) in [5, 5.41) is 11.9. The lowest BCUT2D eigenvalue weighted by molar-refractivity contribution is -0.121. The van der Waals surface area contributed by atoms with Crippen molar-refractivity contribution < 1.29 is 24.2 Å². The van der Waals surface area contributed by atoms with Crippen LogP contribution in [0.2, 0.25) is 0 Å². The number of amides is 1. The summed E-state index contributed by atoms with van der Waals surface area (Å²) in [6.07, 6.45) is 2.33. The Bertz CT molecular complexity index is 557. The van der Waals surface area contributed by atoms with E-state index in [2.05, 4.69) is 21.2 Å². The van der Waals surface area contributed by atoms with Gasteiger partial charge >= 0.3 is 5.97 Å². The first kappa shape index (κ1) is 15.6. The number of carbonyl (C=O) groups excluding carboxylic acids is 1. The number of aromatic carboxylic acids is 1. The fourth-order valence-corrected chi connectivity index (χ4v) is 2.31. The monoisotopic (exact) mass is 357 g/mol. The van der Waals surface area contributed by atoms with E-state index in [4.69, 9.17) is 14.6 Å². The van der Waals surface area contributed by atoms with Crippen LogP contribution in [0.3, 0.4) is 0 Å². The third-order valence-corrected chi connectivity index (χ3v) is 3.58. The van der Waals surface area contributed by atoms with Gasteiger partial charge < -0.3 is 19.9 Å². The average molecular weight is 358 g/mol. The molecule has 0 radical (unpaired) electrons. The van der Waals surface area contributed by atoms with Crippen molar-refractivity contribution >= 4 is 27.8 Å². The van der Waals surface area contributed by atoms with Crippen molar-refractivity contribution in [2.75, 3.05) is 13.7 Å². The number of nitrogens with one attached hydrogen (secondary N) is 1. The molecule has 7 heteroatoms. The predicted molar refractivity (Wildman–Crippen MR) is 78.9 cm³/mol. The maximum Gasteiger partial charge on any atom is 0.335 e. The molecule has 0 unspecified atom stereocenters. The lowest BCUT2D eigenvalue weighted by Crippen LogP contribution is -2.26. The third kappa shape index (κ3) is 4.35. The number of carbonyl (C=O) groups is 2. The summed E-state index contributed by atoms with van der Waals surface area (Å²) in [5.74, 6) is -0.398. The van der Waals surface area contributed by atoms with Gasteiger partial charge in [0.05, 0.1) is 30.2 Å². The summed E-state index contributed by atoms with van der Waals surface area (Å²) >= 11 is 3.26. The van der Waals surface area contributed by atoms with Crippen molar-refractivity contribution in [3.05, 3.63) is 22.2 Å². The van der Waals surface area contributed by atoms with Crippen LogP contribution in [-0.4, -0.2) is 36.7 Å². The minimum Gasteiger partial charge on any atom is -0.493 e. The second-order valence-electron chi connectivity index (χ2n) is 4.73. The fourth-order valence-electron chi connectivity index (χ4n) is 1.76. The topological polar surface area (TPSA) is 84.9 Å². The molecule has 1 saturated carbocycles. The Kier molecular flexibility index (Phi) is 5.06. The fraction of sp³-hybridized carbons (Fsp3) is 0.429. The van der Waals surface area contributed by atoms with Gasteiger partial charge in [-0.2, -0.15) is 0 Å². The molecule has 1 aliphatic carbocycles. The Balaban J connectivity index is 1.97. The highest BCUT2D eigenvalue weighted by Crippen LogP contribution is 2.36. The molecule has 6 nitrogen and oxygen atoms in total. The number of hydrogen-bond donors (Lipinski definition) is 2. The highest BCUT2D eigenvalue weighted by atomic mass is 79.9. The van der Waals surface area contributed by atoms with Gasteiger partial charge in [-0.1, -0.05) is 0 Å². The van der Waals surface area contributed by atoms with Gasteiger partial charge in [-0.05, 0) is 40.9 Å². The van der Waals surface area contributed by atoms with Crippen LogP contribution < -0.4 is 14.8 Å². The third-order valence-electron chi connectivity index (χ3n) is 2.99. The molecule has 0 aromatic heterocycles. The lowest BCUT2D eigenvalue weighted by atomic mass is 10.2. The second-order valence-corrected chi connectivity index (χ2v) is 5.59. The summed E-state index contributed by atoms with van der Waals surface area (Å²) in [6.45, 7) is 0.194. The molecular weight excluding hydrogens is 342 g/mol. The van der Waals surface area contributed by atoms with Crippen LogP contribution >= 0.6 is 15.9 Å². The molecule has 1 amide bonds. The van der Waals surface area contributed by atoms with Crippen molar-refractivity contribution in [1.82, 2.24) is 5.32 Å². The molecule has 2 N–H and O–H groups in total. The SMILES string of the molecule is COc1cc(C(=O)O)cc(Br)c1OCCC(=O)NC1CC1. The Morgan fingerprint density at radius 2 is 2.14 bits per heavy atom. The minimum atomic E-state index is -1.05. The van der Waals surface area contributed by atoms with Gasteiger partial charge in [0.25, 0.3) is 0 Å². The summed E-state index contributed by atoms with van der Waals surface area (Å²) < 4.78 is 11.1. The molecule has 1 aromatic rings. The first-order valence-corrected chi connectivity index (χ1v) is 7.33. The highest BCUT2D eigenvalue weighted by molar-refractivity contribution is 9.10. The van der Waals surface area contributed by atoms with Gasteiger partial charge in [0.15, 0.2) is 11.5 Å². The number of hydrogen-bond acceptors (Lipinski definition) is 4. The molecule has 1 aromatic carbocycles. The number of rotatable bonds is 7. The zero-order chi connectivity index (χ0) is 15.4.